The first-order valence-electron chi connectivity index (χ1n) is 7.75. The molecule has 0 aliphatic heterocycles. The summed E-state index contributed by atoms with van der Waals surface area (Å²) in [5, 5.41) is 18.1. The van der Waals surface area contributed by atoms with Crippen molar-refractivity contribution in [3.8, 4) is 11.3 Å². The van der Waals surface area contributed by atoms with Crippen molar-refractivity contribution in [2.45, 2.75) is 31.3 Å². The minimum absolute atomic E-state index is 0.0336. The summed E-state index contributed by atoms with van der Waals surface area (Å²) in [6.45, 7) is 4.20. The predicted molar refractivity (Wildman–Crippen MR) is 93.6 cm³/mol. The summed E-state index contributed by atoms with van der Waals surface area (Å²) >= 11 is 0. The van der Waals surface area contributed by atoms with Crippen molar-refractivity contribution in [2.24, 2.45) is 11.1 Å². The van der Waals surface area contributed by atoms with Gasteiger partial charge in [0.05, 0.1) is 17.2 Å². The van der Waals surface area contributed by atoms with Gasteiger partial charge in [-0.3, -0.25) is 4.98 Å². The largest absolute Gasteiger partial charge is 0.395 e. The van der Waals surface area contributed by atoms with E-state index in [1.54, 1.807) is 18.3 Å². The molecule has 24 heavy (non-hydrogen) atoms. The fourth-order valence-electron chi connectivity index (χ4n) is 2.52. The molecule has 0 fully saturated rings. The third-order valence-corrected chi connectivity index (χ3v) is 4.92. The number of primary sulfonamides is 1. The number of benzene rings is 1. The Balaban J connectivity index is 2.49. The molecule has 1 aromatic carbocycles. The summed E-state index contributed by atoms with van der Waals surface area (Å²) in [4.78, 5) is 4.37. The van der Waals surface area contributed by atoms with E-state index in [4.69, 9.17) is 5.14 Å². The quantitative estimate of drug-likeness (QED) is 0.702. The lowest BCUT2D eigenvalue weighted by molar-refractivity contribution is 0.210. The molecule has 0 radical (unpaired) electrons. The minimum atomic E-state index is -3.87. The number of nitrogens with zero attached hydrogens (tertiary/aromatic N) is 1. The zero-order valence-corrected chi connectivity index (χ0v) is 14.6. The second-order valence-corrected chi connectivity index (χ2v) is 7.49. The fraction of sp³-hybridized carbons (Fsp3) is 0.353. The number of hydrogen-bond acceptors (Lipinski definition) is 5. The normalized spacial score (nSPS) is 13.2. The first kappa shape index (κ1) is 18.5. The Morgan fingerprint density at radius 1 is 1.21 bits per heavy atom. The molecule has 0 saturated heterocycles. The number of sulfonamides is 1. The van der Waals surface area contributed by atoms with Crippen LogP contribution in [0.25, 0.3) is 11.3 Å². The molecule has 2 rings (SSSR count). The topological polar surface area (TPSA) is 105 Å². The first-order valence-corrected chi connectivity index (χ1v) is 9.29. The Hall–Kier alpha value is -1.80. The first-order chi connectivity index (χ1) is 11.3. The Labute approximate surface area is 142 Å². The average molecular weight is 349 g/mol. The van der Waals surface area contributed by atoms with Crippen molar-refractivity contribution in [2.75, 3.05) is 6.61 Å². The van der Waals surface area contributed by atoms with Crippen LogP contribution < -0.4 is 10.5 Å². The molecule has 0 spiro atoms. The third kappa shape index (κ3) is 4.39. The highest BCUT2D eigenvalue weighted by Crippen LogP contribution is 2.27. The lowest BCUT2D eigenvalue weighted by Crippen LogP contribution is -2.37. The molecule has 7 heteroatoms. The number of rotatable bonds is 7. The van der Waals surface area contributed by atoms with Crippen LogP contribution in [0.4, 0.5) is 0 Å². The van der Waals surface area contributed by atoms with Gasteiger partial charge in [-0.05, 0) is 29.7 Å². The molecule has 0 unspecified atom stereocenters. The molecule has 1 atom stereocenters. The Kier molecular flexibility index (Phi) is 6.06. The Morgan fingerprint density at radius 2 is 1.96 bits per heavy atom. The zero-order valence-electron chi connectivity index (χ0n) is 13.8. The van der Waals surface area contributed by atoms with Gasteiger partial charge >= 0.3 is 0 Å². The number of nitrogens with one attached hydrogen (secondary N) is 1. The van der Waals surface area contributed by atoms with Crippen molar-refractivity contribution < 1.29 is 13.5 Å². The van der Waals surface area contributed by atoms with Crippen LogP contribution in [0.15, 0.2) is 47.5 Å². The summed E-state index contributed by atoms with van der Waals surface area (Å²) in [7, 11) is -3.87. The van der Waals surface area contributed by atoms with E-state index in [-0.39, 0.29) is 30.0 Å². The van der Waals surface area contributed by atoms with Crippen molar-refractivity contribution in [3.05, 3.63) is 48.2 Å². The second kappa shape index (κ2) is 7.85. The van der Waals surface area contributed by atoms with Gasteiger partial charge in [-0.15, -0.1) is 0 Å². The maximum Gasteiger partial charge on any atom is 0.238 e. The minimum Gasteiger partial charge on any atom is -0.395 e. The van der Waals surface area contributed by atoms with Crippen LogP contribution in [-0.2, 0) is 16.6 Å². The molecule has 0 saturated carbocycles. The number of hydrogen-bond donors (Lipinski definition) is 3. The number of aliphatic hydroxyl groups is 1. The van der Waals surface area contributed by atoms with E-state index >= 15 is 0 Å². The van der Waals surface area contributed by atoms with E-state index in [9.17, 15) is 13.5 Å². The monoisotopic (exact) mass is 349 g/mol. The van der Waals surface area contributed by atoms with Gasteiger partial charge in [-0.1, -0.05) is 32.0 Å². The summed E-state index contributed by atoms with van der Waals surface area (Å²) in [5.74, 6) is 0.204. The summed E-state index contributed by atoms with van der Waals surface area (Å²) in [5.41, 5.74) is 1.93. The Bertz CT molecular complexity index is 777. The summed E-state index contributed by atoms with van der Waals surface area (Å²) in [6.07, 6.45) is 1.65. The van der Waals surface area contributed by atoms with Crippen molar-refractivity contribution in [1.29, 1.82) is 0 Å². The van der Waals surface area contributed by atoms with E-state index in [0.717, 1.165) is 0 Å². The lowest BCUT2D eigenvalue weighted by Gasteiger charge is -2.22. The highest BCUT2D eigenvalue weighted by Gasteiger charge is 2.20. The molecule has 1 heterocycles. The van der Waals surface area contributed by atoms with Crippen LogP contribution in [0.5, 0.6) is 0 Å². The molecule has 4 N–H and O–H groups in total. The van der Waals surface area contributed by atoms with E-state index in [1.807, 2.05) is 32.0 Å². The van der Waals surface area contributed by atoms with Gasteiger partial charge in [0, 0.05) is 24.3 Å². The predicted octanol–water partition coefficient (Wildman–Crippen LogP) is 1.50. The SMILES string of the molecule is CC(C)[C@H](CO)NCc1c(-c2ccccn2)cccc1S(N)(=O)=O. The number of nitrogens with two attached hydrogens (primary N) is 1. The number of pyridine rings is 1. The molecule has 1 aromatic heterocycles. The smallest absolute Gasteiger partial charge is 0.238 e. The molecular weight excluding hydrogens is 326 g/mol. The van der Waals surface area contributed by atoms with Crippen molar-refractivity contribution in [1.82, 2.24) is 10.3 Å². The standard InChI is InChI=1S/C17H23N3O3S/c1-12(2)16(11-21)20-10-14-13(15-7-3-4-9-19-15)6-5-8-17(14)24(18,22)23/h3-9,12,16,20-21H,10-11H2,1-2H3,(H2,18,22,23)/t16-/m0/s1. The third-order valence-electron chi connectivity index (χ3n) is 3.92. The van der Waals surface area contributed by atoms with E-state index in [1.165, 1.54) is 6.07 Å². The van der Waals surface area contributed by atoms with Gasteiger partial charge < -0.3 is 10.4 Å². The van der Waals surface area contributed by atoms with Crippen LogP contribution in [0.1, 0.15) is 19.4 Å². The van der Waals surface area contributed by atoms with Crippen LogP contribution in [0.2, 0.25) is 0 Å². The van der Waals surface area contributed by atoms with E-state index in [2.05, 4.69) is 10.3 Å². The average Bonchev–Trinajstić information content (AvgIpc) is 2.55. The second-order valence-electron chi connectivity index (χ2n) is 5.96. The molecular formula is C17H23N3O3S. The molecule has 2 aromatic rings. The van der Waals surface area contributed by atoms with Gasteiger partial charge in [0.2, 0.25) is 10.0 Å². The van der Waals surface area contributed by atoms with Crippen LogP contribution in [0.3, 0.4) is 0 Å². The van der Waals surface area contributed by atoms with Crippen molar-refractivity contribution >= 4 is 10.0 Å². The van der Waals surface area contributed by atoms with Gasteiger partial charge in [0.1, 0.15) is 0 Å². The molecule has 0 amide bonds. The van der Waals surface area contributed by atoms with Gasteiger partial charge in [0.15, 0.2) is 0 Å². The molecule has 6 nitrogen and oxygen atoms in total. The maximum atomic E-state index is 12.0. The number of aromatic nitrogens is 1. The maximum absolute atomic E-state index is 12.0. The summed E-state index contributed by atoms with van der Waals surface area (Å²) < 4.78 is 23.9. The molecule has 0 aliphatic carbocycles. The highest BCUT2D eigenvalue weighted by molar-refractivity contribution is 7.89. The van der Waals surface area contributed by atoms with Crippen LogP contribution in [0, 0.1) is 5.92 Å². The molecule has 0 aliphatic rings. The van der Waals surface area contributed by atoms with Gasteiger partial charge in [0.25, 0.3) is 0 Å². The highest BCUT2D eigenvalue weighted by atomic mass is 32.2. The number of aliphatic hydroxyl groups excluding tert-OH is 1. The molecule has 0 bridgehead atoms. The lowest BCUT2D eigenvalue weighted by atomic mass is 10.0. The summed E-state index contributed by atoms with van der Waals surface area (Å²) in [6, 6.07) is 10.3. The fourth-order valence-corrected chi connectivity index (χ4v) is 3.31. The van der Waals surface area contributed by atoms with Crippen molar-refractivity contribution in [3.63, 3.8) is 0 Å². The van der Waals surface area contributed by atoms with Gasteiger partial charge in [-0.2, -0.15) is 0 Å². The van der Waals surface area contributed by atoms with E-state index in [0.29, 0.717) is 16.8 Å². The van der Waals surface area contributed by atoms with E-state index < -0.39 is 10.0 Å². The Morgan fingerprint density at radius 3 is 2.50 bits per heavy atom. The van der Waals surface area contributed by atoms with Gasteiger partial charge in [-0.25, -0.2) is 13.6 Å². The van der Waals surface area contributed by atoms with Crippen LogP contribution >= 0.6 is 0 Å². The zero-order chi connectivity index (χ0) is 17.7. The van der Waals surface area contributed by atoms with Crippen LogP contribution in [-0.4, -0.2) is 31.2 Å². The molecule has 130 valence electrons.